The van der Waals surface area contributed by atoms with Crippen molar-refractivity contribution in [3.8, 4) is 5.75 Å². The van der Waals surface area contributed by atoms with Gasteiger partial charge in [0.15, 0.2) is 0 Å². The second-order valence-corrected chi connectivity index (χ2v) is 5.84. The molecule has 0 bridgehead atoms. The van der Waals surface area contributed by atoms with E-state index >= 15 is 0 Å². The van der Waals surface area contributed by atoms with Crippen LogP contribution in [0.4, 0.5) is 0 Å². The Morgan fingerprint density at radius 1 is 1.22 bits per heavy atom. The van der Waals surface area contributed by atoms with Gasteiger partial charge in [-0.3, -0.25) is 9.13 Å². The van der Waals surface area contributed by atoms with E-state index in [0.29, 0.717) is 6.54 Å². The molecule has 2 rings (SSSR count). The number of rotatable bonds is 2. The van der Waals surface area contributed by atoms with Gasteiger partial charge in [0.25, 0.3) is 0 Å². The zero-order valence-corrected chi connectivity index (χ0v) is 11.7. The second-order valence-electron chi connectivity index (χ2n) is 5.84. The summed E-state index contributed by atoms with van der Waals surface area (Å²) in [5.74, 6) is 0.769. The van der Waals surface area contributed by atoms with Gasteiger partial charge in [-0.25, -0.2) is 4.79 Å². The Hall–Kier alpha value is -1.71. The Bertz CT molecular complexity index is 630. The van der Waals surface area contributed by atoms with Crippen LogP contribution in [0.1, 0.15) is 20.8 Å². The van der Waals surface area contributed by atoms with Crippen LogP contribution in [-0.2, 0) is 13.6 Å². The van der Waals surface area contributed by atoms with Crippen molar-refractivity contribution in [2.24, 2.45) is 12.5 Å². The van der Waals surface area contributed by atoms with Gasteiger partial charge in [-0.15, -0.1) is 0 Å². The second kappa shape index (κ2) is 4.19. The van der Waals surface area contributed by atoms with Gasteiger partial charge in [0.2, 0.25) is 0 Å². The van der Waals surface area contributed by atoms with Crippen molar-refractivity contribution in [2.45, 2.75) is 27.3 Å². The molecule has 0 aliphatic carbocycles. The summed E-state index contributed by atoms with van der Waals surface area (Å²) in [6.07, 6.45) is 0. The molecule has 4 nitrogen and oxygen atoms in total. The fourth-order valence-electron chi connectivity index (χ4n) is 2.14. The smallest absolute Gasteiger partial charge is 0.328 e. The monoisotopic (exact) mass is 248 g/mol. The lowest BCUT2D eigenvalue weighted by Gasteiger charge is -2.18. The van der Waals surface area contributed by atoms with Crippen LogP contribution in [0, 0.1) is 5.41 Å². The molecule has 0 spiro atoms. The van der Waals surface area contributed by atoms with E-state index in [-0.39, 0.29) is 11.1 Å². The number of hydrogen-bond acceptors (Lipinski definition) is 2. The maximum atomic E-state index is 12.3. The number of fused-ring (bicyclic) bond motifs is 1. The molecule has 0 fully saturated rings. The fraction of sp³-hybridized carbons (Fsp3) is 0.500. The molecule has 0 saturated heterocycles. The van der Waals surface area contributed by atoms with E-state index in [1.54, 1.807) is 18.7 Å². The minimum absolute atomic E-state index is 0.0215. The quantitative estimate of drug-likeness (QED) is 0.818. The standard InChI is InChI=1S/C14H20N2O2/c1-14(2,3)9-16-11-7-6-10(18-5)8-12(11)15(4)13(16)17/h6-8H,9H2,1-5H3. The van der Waals surface area contributed by atoms with Gasteiger partial charge in [-0.1, -0.05) is 20.8 Å². The molecule has 0 unspecified atom stereocenters. The molecule has 98 valence electrons. The molecular weight excluding hydrogens is 228 g/mol. The Morgan fingerprint density at radius 3 is 2.44 bits per heavy atom. The molecule has 0 aliphatic rings. The molecule has 0 atom stereocenters. The van der Waals surface area contributed by atoms with Gasteiger partial charge in [0, 0.05) is 19.7 Å². The summed E-state index contributed by atoms with van der Waals surface area (Å²) >= 11 is 0. The molecule has 0 saturated carbocycles. The number of hydrogen-bond donors (Lipinski definition) is 0. The average Bonchev–Trinajstić information content (AvgIpc) is 2.52. The Kier molecular flexibility index (Phi) is 2.97. The minimum atomic E-state index is 0.0215. The van der Waals surface area contributed by atoms with E-state index in [9.17, 15) is 4.79 Å². The first kappa shape index (κ1) is 12.7. The maximum Gasteiger partial charge on any atom is 0.328 e. The zero-order chi connectivity index (χ0) is 13.5. The number of methoxy groups -OCH3 is 1. The van der Waals surface area contributed by atoms with E-state index in [4.69, 9.17) is 4.74 Å². The third-order valence-electron chi connectivity index (χ3n) is 2.99. The summed E-state index contributed by atoms with van der Waals surface area (Å²) in [4.78, 5) is 12.3. The van der Waals surface area contributed by atoms with Crippen molar-refractivity contribution in [1.82, 2.24) is 9.13 Å². The molecule has 4 heteroatoms. The van der Waals surface area contributed by atoms with Gasteiger partial charge in [0.1, 0.15) is 5.75 Å². The van der Waals surface area contributed by atoms with Gasteiger partial charge < -0.3 is 4.74 Å². The van der Waals surface area contributed by atoms with Crippen LogP contribution in [-0.4, -0.2) is 16.2 Å². The number of benzene rings is 1. The predicted octanol–water partition coefficient (Wildman–Crippen LogP) is 2.39. The largest absolute Gasteiger partial charge is 0.497 e. The van der Waals surface area contributed by atoms with Crippen LogP contribution in [0.3, 0.4) is 0 Å². The molecule has 2 aromatic rings. The number of imidazole rings is 1. The average molecular weight is 248 g/mol. The topological polar surface area (TPSA) is 36.2 Å². The SMILES string of the molecule is COc1ccc2c(c1)n(C)c(=O)n2CC(C)(C)C. The summed E-state index contributed by atoms with van der Waals surface area (Å²) < 4.78 is 8.70. The highest BCUT2D eigenvalue weighted by molar-refractivity contribution is 5.77. The highest BCUT2D eigenvalue weighted by Gasteiger charge is 2.17. The lowest BCUT2D eigenvalue weighted by Crippen LogP contribution is -2.27. The molecule has 1 aromatic carbocycles. The van der Waals surface area contributed by atoms with Crippen molar-refractivity contribution in [3.63, 3.8) is 0 Å². The van der Waals surface area contributed by atoms with Crippen LogP contribution < -0.4 is 10.4 Å². The van der Waals surface area contributed by atoms with Crippen LogP contribution in [0.5, 0.6) is 5.75 Å². The predicted molar refractivity (Wildman–Crippen MR) is 73.2 cm³/mol. The van der Waals surface area contributed by atoms with Gasteiger partial charge in [-0.05, 0) is 17.5 Å². The molecule has 0 amide bonds. The van der Waals surface area contributed by atoms with Crippen LogP contribution >= 0.6 is 0 Å². The minimum Gasteiger partial charge on any atom is -0.497 e. The summed E-state index contributed by atoms with van der Waals surface area (Å²) in [6, 6.07) is 5.73. The lowest BCUT2D eigenvalue weighted by molar-refractivity contribution is 0.342. The maximum absolute atomic E-state index is 12.3. The Balaban J connectivity index is 2.68. The highest BCUT2D eigenvalue weighted by atomic mass is 16.5. The molecule has 1 heterocycles. The van der Waals surface area contributed by atoms with Crippen molar-refractivity contribution >= 4 is 11.0 Å². The molecule has 1 aromatic heterocycles. The first-order chi connectivity index (χ1) is 8.33. The van der Waals surface area contributed by atoms with Crippen molar-refractivity contribution in [1.29, 1.82) is 0 Å². The zero-order valence-electron chi connectivity index (χ0n) is 11.7. The van der Waals surface area contributed by atoms with E-state index in [1.165, 1.54) is 0 Å². The van der Waals surface area contributed by atoms with Crippen molar-refractivity contribution in [3.05, 3.63) is 28.7 Å². The number of aryl methyl sites for hydroxylation is 1. The number of ether oxygens (including phenoxy) is 1. The fourth-order valence-corrected chi connectivity index (χ4v) is 2.14. The third-order valence-corrected chi connectivity index (χ3v) is 2.99. The van der Waals surface area contributed by atoms with Crippen LogP contribution in [0.25, 0.3) is 11.0 Å². The first-order valence-corrected chi connectivity index (χ1v) is 6.07. The first-order valence-electron chi connectivity index (χ1n) is 6.07. The number of nitrogens with zero attached hydrogens (tertiary/aromatic N) is 2. The molecule has 0 radical (unpaired) electrons. The summed E-state index contributed by atoms with van der Waals surface area (Å²) in [5.41, 5.74) is 1.95. The summed E-state index contributed by atoms with van der Waals surface area (Å²) in [6.45, 7) is 7.08. The molecular formula is C14H20N2O2. The highest BCUT2D eigenvalue weighted by Crippen LogP contribution is 2.23. The summed E-state index contributed by atoms with van der Waals surface area (Å²) in [7, 11) is 3.43. The van der Waals surface area contributed by atoms with Crippen LogP contribution in [0.15, 0.2) is 23.0 Å². The Labute approximate surface area is 107 Å². The molecule has 0 N–H and O–H groups in total. The van der Waals surface area contributed by atoms with Crippen molar-refractivity contribution in [2.75, 3.05) is 7.11 Å². The normalized spacial score (nSPS) is 12.1. The van der Waals surface area contributed by atoms with E-state index in [1.807, 2.05) is 22.8 Å². The van der Waals surface area contributed by atoms with E-state index in [2.05, 4.69) is 20.8 Å². The van der Waals surface area contributed by atoms with Gasteiger partial charge in [0.05, 0.1) is 18.1 Å². The molecule has 0 aliphatic heterocycles. The van der Waals surface area contributed by atoms with Gasteiger partial charge in [-0.2, -0.15) is 0 Å². The Morgan fingerprint density at radius 2 is 1.89 bits per heavy atom. The van der Waals surface area contributed by atoms with E-state index < -0.39 is 0 Å². The molecule has 18 heavy (non-hydrogen) atoms. The number of aromatic nitrogens is 2. The van der Waals surface area contributed by atoms with Gasteiger partial charge >= 0.3 is 5.69 Å². The summed E-state index contributed by atoms with van der Waals surface area (Å²) in [5, 5.41) is 0. The lowest BCUT2D eigenvalue weighted by atomic mass is 9.97. The van der Waals surface area contributed by atoms with Crippen molar-refractivity contribution < 1.29 is 4.74 Å². The third kappa shape index (κ3) is 2.15. The van der Waals surface area contributed by atoms with E-state index in [0.717, 1.165) is 16.8 Å². The van der Waals surface area contributed by atoms with Crippen LogP contribution in [0.2, 0.25) is 0 Å².